The third-order valence-electron chi connectivity index (χ3n) is 3.53. The number of rotatable bonds is 3. The van der Waals surface area contributed by atoms with Crippen LogP contribution in [0.25, 0.3) is 0 Å². The Hall–Kier alpha value is -1.49. The van der Waals surface area contributed by atoms with Gasteiger partial charge < -0.3 is 10.6 Å². The van der Waals surface area contributed by atoms with Crippen molar-refractivity contribution in [2.45, 2.75) is 44.2 Å². The molecule has 0 radical (unpaired) electrons. The van der Waals surface area contributed by atoms with Crippen molar-refractivity contribution in [3.8, 4) is 0 Å². The molecule has 1 aliphatic carbocycles. The van der Waals surface area contributed by atoms with Gasteiger partial charge in [-0.3, -0.25) is 14.8 Å². The zero-order valence-electron chi connectivity index (χ0n) is 10.8. The first-order valence-electron chi connectivity index (χ1n) is 6.41. The lowest BCUT2D eigenvalue weighted by atomic mass is 9.81. The van der Waals surface area contributed by atoms with Crippen molar-refractivity contribution in [1.29, 1.82) is 0 Å². The maximum Gasteiger partial charge on any atom is 0.242 e. The summed E-state index contributed by atoms with van der Waals surface area (Å²) in [7, 11) is 1.78. The molecule has 2 rings (SSSR count). The molecule has 0 spiro atoms. The third-order valence-corrected chi connectivity index (χ3v) is 3.53. The van der Waals surface area contributed by atoms with E-state index in [-0.39, 0.29) is 5.91 Å². The average molecular weight is 248 g/mol. The molecule has 98 valence electrons. The summed E-state index contributed by atoms with van der Waals surface area (Å²) < 4.78 is 0. The van der Waals surface area contributed by atoms with E-state index in [0.717, 1.165) is 31.4 Å². The summed E-state index contributed by atoms with van der Waals surface area (Å²) in [5, 5.41) is 0. The van der Waals surface area contributed by atoms with Crippen molar-refractivity contribution in [2.75, 3.05) is 7.05 Å². The maximum atomic E-state index is 12.4. The zero-order chi connectivity index (χ0) is 13.0. The number of nitrogens with two attached hydrogens (primary N) is 1. The number of hydrogen-bond donors (Lipinski definition) is 1. The Morgan fingerprint density at radius 2 is 2.11 bits per heavy atom. The highest BCUT2D eigenvalue weighted by atomic mass is 16.2. The van der Waals surface area contributed by atoms with Gasteiger partial charge in [-0.05, 0) is 12.8 Å². The predicted octanol–water partition coefficient (Wildman–Crippen LogP) is 1.10. The van der Waals surface area contributed by atoms with E-state index >= 15 is 0 Å². The van der Waals surface area contributed by atoms with Crippen LogP contribution < -0.4 is 5.73 Å². The molecule has 2 N–H and O–H groups in total. The van der Waals surface area contributed by atoms with Crippen LogP contribution >= 0.6 is 0 Å². The fourth-order valence-corrected chi connectivity index (χ4v) is 2.50. The lowest BCUT2D eigenvalue weighted by Gasteiger charge is -2.35. The summed E-state index contributed by atoms with van der Waals surface area (Å²) in [6.07, 6.45) is 9.77. The molecular formula is C13H20N4O. The van der Waals surface area contributed by atoms with Crippen LogP contribution in [0.1, 0.15) is 37.8 Å². The second-order valence-corrected chi connectivity index (χ2v) is 5.07. The zero-order valence-corrected chi connectivity index (χ0v) is 10.8. The number of carbonyl (C=O) groups is 1. The van der Waals surface area contributed by atoms with Gasteiger partial charge in [-0.25, -0.2) is 0 Å². The van der Waals surface area contributed by atoms with Gasteiger partial charge in [-0.15, -0.1) is 0 Å². The monoisotopic (exact) mass is 248 g/mol. The molecule has 1 aromatic heterocycles. The summed E-state index contributed by atoms with van der Waals surface area (Å²) in [6.45, 7) is 0.464. The molecule has 1 aromatic rings. The number of likely N-dealkylation sites (N-methyl/N-ethyl adjacent to an activating group) is 1. The van der Waals surface area contributed by atoms with Crippen LogP contribution in [0.3, 0.4) is 0 Å². The van der Waals surface area contributed by atoms with E-state index in [0.29, 0.717) is 6.54 Å². The second kappa shape index (κ2) is 5.44. The van der Waals surface area contributed by atoms with Gasteiger partial charge in [-0.2, -0.15) is 0 Å². The average Bonchev–Trinajstić information content (AvgIpc) is 2.40. The van der Waals surface area contributed by atoms with E-state index in [1.54, 1.807) is 30.5 Å². The molecule has 0 aliphatic heterocycles. The van der Waals surface area contributed by atoms with Crippen molar-refractivity contribution in [3.63, 3.8) is 0 Å². The minimum atomic E-state index is -0.671. The van der Waals surface area contributed by atoms with E-state index in [2.05, 4.69) is 9.97 Å². The molecule has 1 saturated carbocycles. The second-order valence-electron chi connectivity index (χ2n) is 5.07. The number of aromatic nitrogens is 2. The summed E-state index contributed by atoms with van der Waals surface area (Å²) >= 11 is 0. The van der Waals surface area contributed by atoms with E-state index in [4.69, 9.17) is 5.73 Å². The molecule has 1 aliphatic rings. The van der Waals surface area contributed by atoms with Crippen molar-refractivity contribution in [2.24, 2.45) is 5.73 Å². The molecule has 0 aromatic carbocycles. The van der Waals surface area contributed by atoms with E-state index < -0.39 is 5.54 Å². The lowest BCUT2D eigenvalue weighted by Crippen LogP contribution is -2.55. The first kappa shape index (κ1) is 13.0. The van der Waals surface area contributed by atoms with Gasteiger partial charge in [0.1, 0.15) is 0 Å². The molecule has 5 heteroatoms. The van der Waals surface area contributed by atoms with Crippen molar-refractivity contribution in [3.05, 3.63) is 24.3 Å². The Balaban J connectivity index is 2.00. The summed E-state index contributed by atoms with van der Waals surface area (Å²) in [5.41, 5.74) is 6.34. The fraction of sp³-hybridized carbons (Fsp3) is 0.615. The molecule has 0 saturated heterocycles. The molecule has 18 heavy (non-hydrogen) atoms. The van der Waals surface area contributed by atoms with Crippen LogP contribution in [0.4, 0.5) is 0 Å². The molecule has 5 nitrogen and oxygen atoms in total. The molecule has 0 bridgehead atoms. The quantitative estimate of drug-likeness (QED) is 0.869. The van der Waals surface area contributed by atoms with E-state index in [9.17, 15) is 4.79 Å². The van der Waals surface area contributed by atoms with Crippen LogP contribution in [0.2, 0.25) is 0 Å². The van der Waals surface area contributed by atoms with E-state index in [1.807, 2.05) is 0 Å². The standard InChI is InChI=1S/C13H20N4O/c1-17(10-11-9-15-7-8-16-11)12(18)13(14)5-3-2-4-6-13/h7-9H,2-6,10,14H2,1H3. The molecule has 1 amide bonds. The highest BCUT2D eigenvalue weighted by Crippen LogP contribution is 2.27. The topological polar surface area (TPSA) is 72.1 Å². The Kier molecular flexibility index (Phi) is 3.91. The van der Waals surface area contributed by atoms with Crippen LogP contribution in [0, 0.1) is 0 Å². The molecule has 1 fully saturated rings. The largest absolute Gasteiger partial charge is 0.338 e. The van der Waals surface area contributed by atoms with Gasteiger partial charge in [0.15, 0.2) is 0 Å². The van der Waals surface area contributed by atoms with Gasteiger partial charge >= 0.3 is 0 Å². The molecule has 1 heterocycles. The van der Waals surface area contributed by atoms with Crippen molar-refractivity contribution in [1.82, 2.24) is 14.9 Å². The Morgan fingerprint density at radius 3 is 2.72 bits per heavy atom. The smallest absolute Gasteiger partial charge is 0.242 e. The minimum Gasteiger partial charge on any atom is -0.338 e. The summed E-state index contributed by atoms with van der Waals surface area (Å²) in [6, 6.07) is 0. The Morgan fingerprint density at radius 1 is 1.39 bits per heavy atom. The SMILES string of the molecule is CN(Cc1cnccn1)C(=O)C1(N)CCCCC1. The van der Waals surface area contributed by atoms with Gasteiger partial charge in [-0.1, -0.05) is 19.3 Å². The number of hydrogen-bond acceptors (Lipinski definition) is 4. The highest BCUT2D eigenvalue weighted by molar-refractivity contribution is 5.86. The first-order chi connectivity index (χ1) is 8.62. The molecular weight excluding hydrogens is 228 g/mol. The first-order valence-corrected chi connectivity index (χ1v) is 6.41. The summed E-state index contributed by atoms with van der Waals surface area (Å²) in [5.74, 6) is 0.0212. The van der Waals surface area contributed by atoms with Gasteiger partial charge in [0, 0.05) is 19.4 Å². The van der Waals surface area contributed by atoms with Gasteiger partial charge in [0.05, 0.1) is 24.0 Å². The van der Waals surface area contributed by atoms with Crippen molar-refractivity contribution < 1.29 is 4.79 Å². The normalized spacial score (nSPS) is 18.3. The third kappa shape index (κ3) is 2.85. The fourth-order valence-electron chi connectivity index (χ4n) is 2.50. The van der Waals surface area contributed by atoms with Crippen LogP contribution in [0.15, 0.2) is 18.6 Å². The van der Waals surface area contributed by atoms with Gasteiger partial charge in [0.2, 0.25) is 5.91 Å². The Labute approximate surface area is 107 Å². The lowest BCUT2D eigenvalue weighted by molar-refractivity contribution is -0.137. The van der Waals surface area contributed by atoms with Crippen LogP contribution in [-0.4, -0.2) is 33.4 Å². The predicted molar refractivity (Wildman–Crippen MR) is 68.5 cm³/mol. The number of amides is 1. The highest BCUT2D eigenvalue weighted by Gasteiger charge is 2.37. The van der Waals surface area contributed by atoms with Crippen molar-refractivity contribution >= 4 is 5.91 Å². The minimum absolute atomic E-state index is 0.0212. The molecule has 0 unspecified atom stereocenters. The van der Waals surface area contributed by atoms with Crippen LogP contribution in [0.5, 0.6) is 0 Å². The molecule has 0 atom stereocenters. The number of carbonyl (C=O) groups excluding carboxylic acids is 1. The van der Waals surface area contributed by atoms with Gasteiger partial charge in [0.25, 0.3) is 0 Å². The van der Waals surface area contributed by atoms with E-state index in [1.165, 1.54) is 6.42 Å². The summed E-state index contributed by atoms with van der Waals surface area (Å²) in [4.78, 5) is 22.2. The number of nitrogens with zero attached hydrogens (tertiary/aromatic N) is 3. The maximum absolute atomic E-state index is 12.4. The Bertz CT molecular complexity index is 401. The van der Waals surface area contributed by atoms with Crippen LogP contribution in [-0.2, 0) is 11.3 Å².